The van der Waals surface area contributed by atoms with Gasteiger partial charge in [0.15, 0.2) is 0 Å². The summed E-state index contributed by atoms with van der Waals surface area (Å²) in [6, 6.07) is 3.94. The van der Waals surface area contributed by atoms with Crippen LogP contribution in [0, 0.1) is 6.92 Å². The topological polar surface area (TPSA) is 33.1 Å². The number of nitrogens with zero attached hydrogens (tertiary/aromatic N) is 1. The molecule has 1 N–H and O–H groups in total. The molecule has 2 nitrogen and oxygen atoms in total. The Bertz CT molecular complexity index is 342. The first-order valence-electron chi connectivity index (χ1n) is 5.14. The molecule has 0 fully saturated rings. The molecule has 0 amide bonds. The number of aliphatic hydroxyl groups is 1. The van der Waals surface area contributed by atoms with E-state index in [0.717, 1.165) is 16.3 Å². The van der Waals surface area contributed by atoms with Crippen LogP contribution >= 0.6 is 11.8 Å². The van der Waals surface area contributed by atoms with Crippen LogP contribution in [0.5, 0.6) is 0 Å². The van der Waals surface area contributed by atoms with Crippen LogP contribution in [-0.4, -0.2) is 14.8 Å². The van der Waals surface area contributed by atoms with E-state index in [1.807, 2.05) is 19.1 Å². The second kappa shape index (κ2) is 4.54. The molecule has 0 aliphatic heterocycles. The van der Waals surface area contributed by atoms with E-state index in [0.29, 0.717) is 0 Å². The summed E-state index contributed by atoms with van der Waals surface area (Å²) in [4.78, 5) is 4.48. The van der Waals surface area contributed by atoms with Gasteiger partial charge in [-0.2, -0.15) is 0 Å². The normalized spacial score (nSPS) is 14.0. The average Bonchev–Trinajstić information content (AvgIpc) is 1.99. The molecule has 1 aromatic rings. The highest BCUT2D eigenvalue weighted by Gasteiger charge is 2.14. The number of aliphatic hydroxyl groups excluding tert-OH is 1. The van der Waals surface area contributed by atoms with Crippen molar-refractivity contribution in [2.45, 2.75) is 50.5 Å². The molecule has 1 aromatic heterocycles. The Labute approximate surface area is 96.1 Å². The number of thioether (sulfide) groups is 1. The summed E-state index contributed by atoms with van der Waals surface area (Å²) >= 11 is 1.74. The molecule has 1 rings (SSSR count). The Morgan fingerprint density at radius 2 is 1.93 bits per heavy atom. The number of rotatable bonds is 2. The van der Waals surface area contributed by atoms with E-state index < -0.39 is 6.10 Å². The van der Waals surface area contributed by atoms with E-state index in [-0.39, 0.29) is 4.75 Å². The van der Waals surface area contributed by atoms with Gasteiger partial charge in [0.1, 0.15) is 0 Å². The lowest BCUT2D eigenvalue weighted by Gasteiger charge is -2.18. The Kier molecular flexibility index (Phi) is 3.79. The second-order valence-corrected chi connectivity index (χ2v) is 6.56. The van der Waals surface area contributed by atoms with E-state index in [1.165, 1.54) is 0 Å². The summed E-state index contributed by atoms with van der Waals surface area (Å²) < 4.78 is 0.172. The van der Waals surface area contributed by atoms with Gasteiger partial charge in [-0.15, -0.1) is 11.8 Å². The van der Waals surface area contributed by atoms with E-state index in [9.17, 15) is 5.11 Å². The van der Waals surface area contributed by atoms with Crippen LogP contribution in [0.2, 0.25) is 0 Å². The van der Waals surface area contributed by atoms with Gasteiger partial charge in [-0.3, -0.25) is 0 Å². The van der Waals surface area contributed by atoms with Gasteiger partial charge in [0.25, 0.3) is 0 Å². The van der Waals surface area contributed by atoms with Crippen LogP contribution in [0.15, 0.2) is 17.2 Å². The molecule has 3 heteroatoms. The molecule has 0 bridgehead atoms. The van der Waals surface area contributed by atoms with Crippen molar-refractivity contribution in [3.8, 4) is 0 Å². The number of aryl methyl sites for hydroxylation is 1. The Morgan fingerprint density at radius 1 is 1.33 bits per heavy atom. The minimum Gasteiger partial charge on any atom is -0.389 e. The predicted molar refractivity (Wildman–Crippen MR) is 65.2 cm³/mol. The summed E-state index contributed by atoms with van der Waals surface area (Å²) in [6.45, 7) is 10.2. The molecule has 0 aromatic carbocycles. The first kappa shape index (κ1) is 12.5. The molecular weight excluding hydrogens is 206 g/mol. The fraction of sp³-hybridized carbons (Fsp3) is 0.583. The first-order valence-corrected chi connectivity index (χ1v) is 5.96. The van der Waals surface area contributed by atoms with E-state index in [1.54, 1.807) is 18.7 Å². The molecule has 0 unspecified atom stereocenters. The maximum Gasteiger partial charge on any atom is 0.0968 e. The van der Waals surface area contributed by atoms with Crippen LogP contribution < -0.4 is 0 Å². The molecular formula is C12H19NOS. The molecule has 1 heterocycles. The summed E-state index contributed by atoms with van der Waals surface area (Å²) in [5, 5.41) is 10.5. The maximum absolute atomic E-state index is 9.48. The monoisotopic (exact) mass is 225 g/mol. The van der Waals surface area contributed by atoms with Gasteiger partial charge in [0.05, 0.1) is 11.1 Å². The van der Waals surface area contributed by atoms with E-state index in [4.69, 9.17) is 0 Å². The van der Waals surface area contributed by atoms with Crippen LogP contribution in [0.1, 0.15) is 45.1 Å². The third-order valence-corrected chi connectivity index (χ3v) is 3.01. The number of aromatic nitrogens is 1. The van der Waals surface area contributed by atoms with E-state index in [2.05, 4.69) is 25.8 Å². The summed E-state index contributed by atoms with van der Waals surface area (Å²) in [5.41, 5.74) is 1.83. The zero-order chi connectivity index (χ0) is 11.6. The molecule has 0 radical (unpaired) electrons. The van der Waals surface area contributed by atoms with Gasteiger partial charge in [0, 0.05) is 16.0 Å². The van der Waals surface area contributed by atoms with Gasteiger partial charge in [0.2, 0.25) is 0 Å². The third-order valence-electron chi connectivity index (χ3n) is 1.96. The molecule has 0 aliphatic carbocycles. The fourth-order valence-electron chi connectivity index (χ4n) is 1.36. The fourth-order valence-corrected chi connectivity index (χ4v) is 2.31. The van der Waals surface area contributed by atoms with Crippen LogP contribution in [0.4, 0.5) is 0 Å². The Hall–Kier alpha value is -0.540. The lowest BCUT2D eigenvalue weighted by molar-refractivity contribution is 0.198. The number of pyridine rings is 1. The molecule has 0 aliphatic rings. The quantitative estimate of drug-likeness (QED) is 0.784. The van der Waals surface area contributed by atoms with Crippen molar-refractivity contribution in [2.24, 2.45) is 0 Å². The molecule has 84 valence electrons. The molecule has 15 heavy (non-hydrogen) atoms. The average molecular weight is 225 g/mol. The standard InChI is InChI=1S/C12H19NOS/c1-8-10(9(2)14)6-7-11(13-8)15-12(3,4)5/h6-7,9,14H,1-5H3/t9-/m1/s1. The van der Waals surface area contributed by atoms with E-state index >= 15 is 0 Å². The SMILES string of the molecule is Cc1nc(SC(C)(C)C)ccc1[C@@H](C)O. The highest BCUT2D eigenvalue weighted by molar-refractivity contribution is 8.00. The lowest BCUT2D eigenvalue weighted by Crippen LogP contribution is -2.08. The largest absolute Gasteiger partial charge is 0.389 e. The Balaban J connectivity index is 2.92. The maximum atomic E-state index is 9.48. The highest BCUT2D eigenvalue weighted by atomic mass is 32.2. The molecule has 0 spiro atoms. The number of hydrogen-bond acceptors (Lipinski definition) is 3. The van der Waals surface area contributed by atoms with Crippen LogP contribution in [0.25, 0.3) is 0 Å². The van der Waals surface area contributed by atoms with Crippen molar-refractivity contribution < 1.29 is 5.11 Å². The van der Waals surface area contributed by atoms with Gasteiger partial charge in [-0.05, 0) is 19.9 Å². The summed E-state index contributed by atoms with van der Waals surface area (Å²) in [6.07, 6.45) is -0.439. The van der Waals surface area contributed by atoms with Gasteiger partial charge < -0.3 is 5.11 Å². The molecule has 1 atom stereocenters. The Morgan fingerprint density at radius 3 is 2.33 bits per heavy atom. The first-order chi connectivity index (χ1) is 6.79. The third kappa shape index (κ3) is 3.84. The summed E-state index contributed by atoms with van der Waals surface area (Å²) in [5.74, 6) is 0. The molecule has 0 saturated carbocycles. The van der Waals surface area contributed by atoms with Crippen molar-refractivity contribution in [3.63, 3.8) is 0 Å². The lowest BCUT2D eigenvalue weighted by atomic mass is 10.1. The van der Waals surface area contributed by atoms with Gasteiger partial charge >= 0.3 is 0 Å². The van der Waals surface area contributed by atoms with Crippen molar-refractivity contribution >= 4 is 11.8 Å². The minimum absolute atomic E-state index is 0.172. The second-order valence-electron chi connectivity index (χ2n) is 4.71. The minimum atomic E-state index is -0.439. The number of hydrogen-bond donors (Lipinski definition) is 1. The van der Waals surface area contributed by atoms with Gasteiger partial charge in [-0.25, -0.2) is 4.98 Å². The van der Waals surface area contributed by atoms with Crippen LogP contribution in [0.3, 0.4) is 0 Å². The summed E-state index contributed by atoms with van der Waals surface area (Å²) in [7, 11) is 0. The van der Waals surface area contributed by atoms with Gasteiger partial charge in [-0.1, -0.05) is 26.8 Å². The van der Waals surface area contributed by atoms with Crippen LogP contribution in [-0.2, 0) is 0 Å². The predicted octanol–water partition coefficient (Wildman–Crippen LogP) is 3.33. The zero-order valence-electron chi connectivity index (χ0n) is 10.0. The molecule has 0 saturated heterocycles. The van der Waals surface area contributed by atoms with Crippen molar-refractivity contribution in [1.82, 2.24) is 4.98 Å². The highest BCUT2D eigenvalue weighted by Crippen LogP contribution is 2.31. The smallest absolute Gasteiger partial charge is 0.0968 e. The van der Waals surface area contributed by atoms with Crippen molar-refractivity contribution in [2.75, 3.05) is 0 Å². The zero-order valence-corrected chi connectivity index (χ0v) is 10.9. The van der Waals surface area contributed by atoms with Crippen molar-refractivity contribution in [1.29, 1.82) is 0 Å². The van der Waals surface area contributed by atoms with Crippen molar-refractivity contribution in [3.05, 3.63) is 23.4 Å².